The Hall–Kier alpha value is -1.82. The van der Waals surface area contributed by atoms with Gasteiger partial charge in [0, 0.05) is 31.9 Å². The molecule has 1 amide bonds. The van der Waals surface area contributed by atoms with E-state index in [0.29, 0.717) is 12.4 Å². The number of ether oxygens (including phenoxy) is 1. The van der Waals surface area contributed by atoms with Crippen molar-refractivity contribution in [3.05, 3.63) is 23.9 Å². The molecule has 2 saturated heterocycles. The largest absolute Gasteiger partial charge is 0.440 e. The number of pyridine rings is 1. The van der Waals surface area contributed by atoms with Gasteiger partial charge >= 0.3 is 6.09 Å². The summed E-state index contributed by atoms with van der Waals surface area (Å²) in [4.78, 5) is 19.7. The monoisotopic (exact) mass is 276 g/mol. The average Bonchev–Trinajstić information content (AvgIpc) is 2.67. The lowest BCUT2D eigenvalue weighted by molar-refractivity contribution is -0.0113. The summed E-state index contributed by atoms with van der Waals surface area (Å²) in [6.07, 6.45) is 3.45. The first kappa shape index (κ1) is 13.2. The number of likely N-dealkylation sites (tertiary alicyclic amines) is 1. The minimum absolute atomic E-state index is 0.215. The number of hydrogen-bond donors (Lipinski definition) is 1. The van der Waals surface area contributed by atoms with E-state index in [2.05, 4.69) is 9.88 Å². The average molecular weight is 276 g/mol. The van der Waals surface area contributed by atoms with Crippen molar-refractivity contribution in [3.8, 4) is 0 Å². The quantitative estimate of drug-likeness (QED) is 0.875. The molecule has 1 aromatic heterocycles. The third-order valence-corrected chi connectivity index (χ3v) is 4.08. The normalized spacial score (nSPS) is 27.1. The second kappa shape index (κ2) is 4.94. The van der Waals surface area contributed by atoms with E-state index in [1.165, 1.54) is 0 Å². The first-order chi connectivity index (χ1) is 9.58. The van der Waals surface area contributed by atoms with Crippen LogP contribution in [-0.2, 0) is 11.3 Å². The van der Waals surface area contributed by atoms with E-state index in [0.717, 1.165) is 38.0 Å². The summed E-state index contributed by atoms with van der Waals surface area (Å²) in [7, 11) is 1.79. The highest BCUT2D eigenvalue weighted by Gasteiger charge is 2.46. The van der Waals surface area contributed by atoms with Gasteiger partial charge in [0.2, 0.25) is 0 Å². The number of hydrogen-bond acceptors (Lipinski definition) is 5. The fourth-order valence-electron chi connectivity index (χ4n) is 3.16. The molecule has 1 atom stereocenters. The van der Waals surface area contributed by atoms with Crippen LogP contribution >= 0.6 is 0 Å². The molecule has 0 saturated carbocycles. The number of piperidine rings is 1. The minimum atomic E-state index is -0.346. The first-order valence-electron chi connectivity index (χ1n) is 6.94. The maximum atomic E-state index is 11.6. The zero-order chi connectivity index (χ0) is 14.2. The molecule has 6 heteroatoms. The van der Waals surface area contributed by atoms with Crippen LogP contribution in [-0.4, -0.2) is 53.2 Å². The van der Waals surface area contributed by atoms with Crippen molar-refractivity contribution >= 4 is 11.9 Å². The number of carbonyl (C=O) groups excluding carboxylic acids is 1. The van der Waals surface area contributed by atoms with Gasteiger partial charge in [0.05, 0.1) is 6.54 Å². The Balaban J connectivity index is 1.70. The molecule has 3 heterocycles. The topological polar surface area (TPSA) is 71.7 Å². The maximum Gasteiger partial charge on any atom is 0.410 e. The van der Waals surface area contributed by atoms with Gasteiger partial charge in [-0.05, 0) is 25.5 Å². The molecule has 1 unspecified atom stereocenters. The van der Waals surface area contributed by atoms with Crippen LogP contribution in [0.2, 0.25) is 0 Å². The molecule has 1 spiro atoms. The summed E-state index contributed by atoms with van der Waals surface area (Å²) in [6, 6.07) is 3.89. The molecule has 108 valence electrons. The van der Waals surface area contributed by atoms with E-state index >= 15 is 0 Å². The SMILES string of the molecule is CN1CC2(CCCN(Cc3cccnc3N)C2)OC1=O. The molecule has 1 aromatic rings. The Kier molecular flexibility index (Phi) is 3.25. The summed E-state index contributed by atoms with van der Waals surface area (Å²) in [6.45, 7) is 3.18. The van der Waals surface area contributed by atoms with E-state index in [1.54, 1.807) is 18.1 Å². The van der Waals surface area contributed by atoms with Crippen molar-refractivity contribution in [1.29, 1.82) is 0 Å². The van der Waals surface area contributed by atoms with E-state index in [1.807, 2.05) is 12.1 Å². The number of nitrogens with zero attached hydrogens (tertiary/aromatic N) is 3. The molecular weight excluding hydrogens is 256 g/mol. The molecule has 2 aliphatic heterocycles. The van der Waals surface area contributed by atoms with Crippen LogP contribution < -0.4 is 5.73 Å². The number of anilines is 1. The fraction of sp³-hybridized carbons (Fsp3) is 0.571. The molecule has 20 heavy (non-hydrogen) atoms. The summed E-state index contributed by atoms with van der Waals surface area (Å²) in [5.74, 6) is 0.577. The molecule has 2 fully saturated rings. The van der Waals surface area contributed by atoms with Gasteiger partial charge in [-0.3, -0.25) is 4.90 Å². The van der Waals surface area contributed by atoms with E-state index in [-0.39, 0.29) is 11.7 Å². The van der Waals surface area contributed by atoms with E-state index in [9.17, 15) is 4.79 Å². The lowest BCUT2D eigenvalue weighted by atomic mass is 9.92. The number of rotatable bonds is 2. The number of nitrogen functional groups attached to an aromatic ring is 1. The summed E-state index contributed by atoms with van der Waals surface area (Å²) in [5, 5.41) is 0. The smallest absolute Gasteiger partial charge is 0.410 e. The number of aromatic nitrogens is 1. The second-order valence-corrected chi connectivity index (χ2v) is 5.77. The highest BCUT2D eigenvalue weighted by molar-refractivity contribution is 5.70. The van der Waals surface area contributed by atoms with Gasteiger partial charge in [0.15, 0.2) is 0 Å². The first-order valence-corrected chi connectivity index (χ1v) is 6.94. The lowest BCUT2D eigenvalue weighted by Gasteiger charge is -2.38. The minimum Gasteiger partial charge on any atom is -0.440 e. The van der Waals surface area contributed by atoms with Crippen molar-refractivity contribution in [2.45, 2.75) is 25.0 Å². The van der Waals surface area contributed by atoms with Gasteiger partial charge in [0.1, 0.15) is 11.4 Å². The fourth-order valence-corrected chi connectivity index (χ4v) is 3.16. The van der Waals surface area contributed by atoms with Crippen molar-refractivity contribution in [3.63, 3.8) is 0 Å². The number of amides is 1. The summed E-state index contributed by atoms with van der Waals surface area (Å²) < 4.78 is 5.60. The van der Waals surface area contributed by atoms with Crippen LogP contribution in [0.15, 0.2) is 18.3 Å². The molecule has 0 aromatic carbocycles. The number of likely N-dealkylation sites (N-methyl/N-ethyl adjacent to an activating group) is 1. The predicted octanol–water partition coefficient (Wildman–Crippen LogP) is 1.08. The number of nitrogens with two attached hydrogens (primary N) is 1. The molecule has 6 nitrogen and oxygen atoms in total. The third-order valence-electron chi connectivity index (χ3n) is 4.08. The zero-order valence-electron chi connectivity index (χ0n) is 11.7. The molecule has 3 rings (SSSR count). The predicted molar refractivity (Wildman–Crippen MR) is 75.0 cm³/mol. The van der Waals surface area contributed by atoms with Gasteiger partial charge in [-0.25, -0.2) is 9.78 Å². The van der Waals surface area contributed by atoms with Crippen LogP contribution in [0.25, 0.3) is 0 Å². The summed E-state index contributed by atoms with van der Waals surface area (Å²) >= 11 is 0. The molecule has 0 aliphatic carbocycles. The van der Waals surface area contributed by atoms with Crippen LogP contribution in [0.5, 0.6) is 0 Å². The van der Waals surface area contributed by atoms with Gasteiger partial charge in [-0.1, -0.05) is 6.07 Å². The van der Waals surface area contributed by atoms with Crippen LogP contribution in [0.1, 0.15) is 18.4 Å². The lowest BCUT2D eigenvalue weighted by Crippen LogP contribution is -2.50. The maximum absolute atomic E-state index is 11.6. The van der Waals surface area contributed by atoms with Crippen molar-refractivity contribution in [2.75, 3.05) is 32.4 Å². The zero-order valence-corrected chi connectivity index (χ0v) is 11.7. The molecule has 2 aliphatic rings. The Morgan fingerprint density at radius 2 is 2.35 bits per heavy atom. The van der Waals surface area contributed by atoms with Gasteiger partial charge in [-0.2, -0.15) is 0 Å². The molecule has 2 N–H and O–H groups in total. The standard InChI is InChI=1S/C14H20N4O2/c1-17-9-14(20-13(17)19)5-3-7-18(10-14)8-11-4-2-6-16-12(11)15/h2,4,6H,3,5,7-10H2,1H3,(H2,15,16). The van der Waals surface area contributed by atoms with E-state index < -0.39 is 0 Å². The van der Waals surface area contributed by atoms with Gasteiger partial charge in [-0.15, -0.1) is 0 Å². The van der Waals surface area contributed by atoms with Crippen molar-refractivity contribution in [1.82, 2.24) is 14.8 Å². The number of carbonyl (C=O) groups is 1. The molecule has 0 radical (unpaired) electrons. The van der Waals surface area contributed by atoms with Crippen LogP contribution in [0.4, 0.5) is 10.6 Å². The van der Waals surface area contributed by atoms with Gasteiger partial charge in [0.25, 0.3) is 0 Å². The Morgan fingerprint density at radius 1 is 1.50 bits per heavy atom. The third kappa shape index (κ3) is 2.43. The molecule has 0 bridgehead atoms. The van der Waals surface area contributed by atoms with Crippen LogP contribution in [0.3, 0.4) is 0 Å². The Bertz CT molecular complexity index is 522. The van der Waals surface area contributed by atoms with Gasteiger partial charge < -0.3 is 15.4 Å². The van der Waals surface area contributed by atoms with Crippen molar-refractivity contribution in [2.24, 2.45) is 0 Å². The highest BCUT2D eigenvalue weighted by atomic mass is 16.6. The highest BCUT2D eigenvalue weighted by Crippen LogP contribution is 2.32. The molecular formula is C14H20N4O2. The Morgan fingerprint density at radius 3 is 3.05 bits per heavy atom. The summed E-state index contributed by atoms with van der Waals surface area (Å²) in [5.41, 5.74) is 6.58. The van der Waals surface area contributed by atoms with E-state index in [4.69, 9.17) is 10.5 Å². The Labute approximate surface area is 118 Å². The van der Waals surface area contributed by atoms with Crippen molar-refractivity contribution < 1.29 is 9.53 Å². The second-order valence-electron chi connectivity index (χ2n) is 5.77. The van der Waals surface area contributed by atoms with Crippen LogP contribution in [0, 0.1) is 0 Å².